The van der Waals surface area contributed by atoms with Gasteiger partial charge in [0.1, 0.15) is 0 Å². The Morgan fingerprint density at radius 3 is 2.70 bits per heavy atom. The summed E-state index contributed by atoms with van der Waals surface area (Å²) in [5.41, 5.74) is 4.48. The number of H-pyrrole nitrogens is 2. The highest BCUT2D eigenvalue weighted by molar-refractivity contribution is 9.10. The zero-order chi connectivity index (χ0) is 22.8. The lowest BCUT2D eigenvalue weighted by Crippen LogP contribution is -2.15. The predicted octanol–water partition coefficient (Wildman–Crippen LogP) is 6.23. The monoisotopic (exact) mass is 501 g/mol. The van der Waals surface area contributed by atoms with Gasteiger partial charge in [-0.15, -0.1) is 0 Å². The van der Waals surface area contributed by atoms with E-state index in [1.54, 1.807) is 12.1 Å². The molecule has 0 saturated heterocycles. The van der Waals surface area contributed by atoms with Crippen molar-refractivity contribution in [3.63, 3.8) is 0 Å². The average Bonchev–Trinajstić information content (AvgIpc) is 3.23. The number of ether oxygens (including phenoxy) is 1. The van der Waals surface area contributed by atoms with Gasteiger partial charge in [-0.2, -0.15) is 0 Å². The number of hydrogen-bond acceptors (Lipinski definition) is 3. The summed E-state index contributed by atoms with van der Waals surface area (Å²) in [7, 11) is 0. The maximum Gasteiger partial charge on any atom is 0.411 e. The third kappa shape index (κ3) is 4.54. The minimum Gasteiger partial charge on any atom is -0.449 e. The van der Waals surface area contributed by atoms with E-state index in [0.717, 1.165) is 31.9 Å². The normalized spacial score (nSPS) is 11.1. The molecule has 0 saturated carbocycles. The van der Waals surface area contributed by atoms with Gasteiger partial charge in [0.15, 0.2) is 0 Å². The topological polar surface area (TPSA) is 87.0 Å². The molecule has 164 valence electrons. The zero-order valence-corrected chi connectivity index (χ0v) is 19.1. The number of carbonyl (C=O) groups excluding carboxylic acids is 1. The molecule has 0 atom stereocenters. The van der Waals surface area contributed by atoms with E-state index in [2.05, 4.69) is 31.2 Å². The first-order chi connectivity index (χ1) is 16.1. The number of rotatable bonds is 5. The first-order valence-corrected chi connectivity index (χ1v) is 11.3. The molecule has 0 radical (unpaired) electrons. The molecule has 0 aliphatic rings. The van der Waals surface area contributed by atoms with Gasteiger partial charge in [-0.05, 0) is 47.3 Å². The van der Waals surface area contributed by atoms with Gasteiger partial charge < -0.3 is 14.7 Å². The second kappa shape index (κ2) is 8.96. The van der Waals surface area contributed by atoms with Crippen LogP contribution in [0.25, 0.3) is 32.9 Å². The highest BCUT2D eigenvalue weighted by Gasteiger charge is 2.12. The largest absolute Gasteiger partial charge is 0.449 e. The number of carbonyl (C=O) groups is 1. The van der Waals surface area contributed by atoms with Crippen molar-refractivity contribution in [3.05, 3.63) is 99.4 Å². The lowest BCUT2D eigenvalue weighted by atomic mass is 10.0. The van der Waals surface area contributed by atoms with Crippen LogP contribution in [0.4, 0.5) is 10.5 Å². The Kier molecular flexibility index (Phi) is 5.71. The molecule has 5 rings (SSSR count). The third-order valence-electron chi connectivity index (χ3n) is 5.48. The van der Waals surface area contributed by atoms with Gasteiger partial charge in [0.05, 0.1) is 12.1 Å². The molecular weight excluding hydrogens is 482 g/mol. The molecule has 5 aromatic rings. The number of nitrogens with one attached hydrogen (secondary N) is 3. The summed E-state index contributed by atoms with van der Waals surface area (Å²) in [4.78, 5) is 31.1. The molecule has 6 nitrogen and oxygen atoms in total. The molecule has 0 bridgehead atoms. The molecule has 3 N–H and O–H groups in total. The Morgan fingerprint density at radius 1 is 0.939 bits per heavy atom. The summed E-state index contributed by atoms with van der Waals surface area (Å²) < 4.78 is 6.28. The Hall–Kier alpha value is -3.84. The van der Waals surface area contributed by atoms with Crippen LogP contribution in [0, 0.1) is 0 Å². The molecule has 33 heavy (non-hydrogen) atoms. The van der Waals surface area contributed by atoms with Crippen molar-refractivity contribution in [1.29, 1.82) is 0 Å². The summed E-state index contributed by atoms with van der Waals surface area (Å²) in [6.07, 6.45) is 1.93. The maximum absolute atomic E-state index is 12.8. The maximum atomic E-state index is 12.8. The van der Waals surface area contributed by atoms with E-state index >= 15 is 0 Å². The van der Waals surface area contributed by atoms with E-state index in [0.29, 0.717) is 23.2 Å². The molecule has 0 aliphatic carbocycles. The van der Waals surface area contributed by atoms with Crippen molar-refractivity contribution < 1.29 is 9.53 Å². The van der Waals surface area contributed by atoms with Gasteiger partial charge in [0, 0.05) is 44.8 Å². The molecule has 0 unspecified atom stereocenters. The Labute approximate surface area is 197 Å². The van der Waals surface area contributed by atoms with Gasteiger partial charge in [-0.3, -0.25) is 10.1 Å². The van der Waals surface area contributed by atoms with Gasteiger partial charge in [-0.1, -0.05) is 52.3 Å². The fourth-order valence-corrected chi connectivity index (χ4v) is 4.33. The van der Waals surface area contributed by atoms with Crippen molar-refractivity contribution in [2.75, 3.05) is 11.9 Å². The van der Waals surface area contributed by atoms with Crippen molar-refractivity contribution in [2.45, 2.75) is 6.42 Å². The molecule has 2 heterocycles. The smallest absolute Gasteiger partial charge is 0.411 e. The standard InChI is InChI=1S/C26H20BrN3O3/c27-18-5-3-4-16(12-18)10-11-33-26(32)29-19-9-8-17-13-21(25(31)30-24(17)14-19)22-15-28-23-7-2-1-6-20(22)23/h1-9,12-15,28H,10-11H2,(H,29,32)(H,30,31). The van der Waals surface area contributed by atoms with E-state index < -0.39 is 6.09 Å². The highest BCUT2D eigenvalue weighted by Crippen LogP contribution is 2.28. The van der Waals surface area contributed by atoms with Gasteiger partial charge in [0.2, 0.25) is 0 Å². The summed E-state index contributed by atoms with van der Waals surface area (Å²) in [6, 6.07) is 23.0. The minimum absolute atomic E-state index is 0.194. The summed E-state index contributed by atoms with van der Waals surface area (Å²) >= 11 is 3.43. The van der Waals surface area contributed by atoms with Crippen molar-refractivity contribution >= 4 is 49.5 Å². The lowest BCUT2D eigenvalue weighted by molar-refractivity contribution is 0.163. The number of aromatic nitrogens is 2. The molecule has 7 heteroatoms. The molecule has 0 fully saturated rings. The van der Waals surface area contributed by atoms with E-state index in [-0.39, 0.29) is 12.2 Å². The van der Waals surface area contributed by atoms with Crippen molar-refractivity contribution in [2.24, 2.45) is 0 Å². The van der Waals surface area contributed by atoms with Crippen molar-refractivity contribution in [3.8, 4) is 11.1 Å². The van der Waals surface area contributed by atoms with Crippen LogP contribution in [0.3, 0.4) is 0 Å². The highest BCUT2D eigenvalue weighted by atomic mass is 79.9. The number of anilines is 1. The Balaban J connectivity index is 1.31. The zero-order valence-electron chi connectivity index (χ0n) is 17.5. The van der Waals surface area contributed by atoms with Crippen LogP contribution in [-0.2, 0) is 11.2 Å². The number of para-hydroxylation sites is 1. The summed E-state index contributed by atoms with van der Waals surface area (Å²) in [6.45, 7) is 0.265. The van der Waals surface area contributed by atoms with Crippen LogP contribution in [-0.4, -0.2) is 22.7 Å². The number of fused-ring (bicyclic) bond motifs is 2. The molecule has 3 aromatic carbocycles. The van der Waals surface area contributed by atoms with Gasteiger partial charge in [-0.25, -0.2) is 4.79 Å². The first-order valence-electron chi connectivity index (χ1n) is 10.5. The van der Waals surface area contributed by atoms with Crippen molar-refractivity contribution in [1.82, 2.24) is 9.97 Å². The number of halogens is 1. The number of hydrogen-bond donors (Lipinski definition) is 3. The first kappa shape index (κ1) is 21.0. The average molecular weight is 502 g/mol. The lowest BCUT2D eigenvalue weighted by Gasteiger charge is -2.09. The molecule has 0 aliphatic heterocycles. The predicted molar refractivity (Wildman–Crippen MR) is 135 cm³/mol. The fourth-order valence-electron chi connectivity index (χ4n) is 3.88. The van der Waals surface area contributed by atoms with Crippen LogP contribution >= 0.6 is 15.9 Å². The quantitative estimate of drug-likeness (QED) is 0.266. The van der Waals surface area contributed by atoms with Crippen LogP contribution < -0.4 is 10.9 Å². The molecule has 2 aromatic heterocycles. The van der Waals surface area contributed by atoms with Crippen LogP contribution in [0.5, 0.6) is 0 Å². The minimum atomic E-state index is -0.540. The second-order valence-electron chi connectivity index (χ2n) is 7.70. The van der Waals surface area contributed by atoms with Crippen LogP contribution in [0.2, 0.25) is 0 Å². The van der Waals surface area contributed by atoms with E-state index in [4.69, 9.17) is 4.74 Å². The molecule has 1 amide bonds. The van der Waals surface area contributed by atoms with Gasteiger partial charge in [0.25, 0.3) is 5.56 Å². The van der Waals surface area contributed by atoms with Gasteiger partial charge >= 0.3 is 6.09 Å². The summed E-state index contributed by atoms with van der Waals surface area (Å²) in [5, 5.41) is 4.58. The molecular formula is C26H20BrN3O3. The van der Waals surface area contributed by atoms with E-state index in [9.17, 15) is 9.59 Å². The number of aromatic amines is 2. The fraction of sp³-hybridized carbons (Fsp3) is 0.0769. The van der Waals surface area contributed by atoms with E-state index in [1.807, 2.05) is 66.9 Å². The second-order valence-corrected chi connectivity index (χ2v) is 8.62. The summed E-state index contributed by atoms with van der Waals surface area (Å²) in [5.74, 6) is 0. The van der Waals surface area contributed by atoms with Crippen LogP contribution in [0.1, 0.15) is 5.56 Å². The Morgan fingerprint density at radius 2 is 1.82 bits per heavy atom. The number of pyridine rings is 1. The van der Waals surface area contributed by atoms with Crippen LogP contribution in [0.15, 0.2) is 88.3 Å². The third-order valence-corrected chi connectivity index (χ3v) is 5.98. The SMILES string of the molecule is O=C(Nc1ccc2cc(-c3c[nH]c4ccccc34)c(=O)[nH]c2c1)OCCc1cccc(Br)c1. The number of amides is 1. The Bertz CT molecular complexity index is 1540. The molecule has 0 spiro atoms. The van der Waals surface area contributed by atoms with E-state index in [1.165, 1.54) is 0 Å². The number of benzene rings is 3.